The Balaban J connectivity index is 1.73. The monoisotopic (exact) mass is 303 g/mol. The van der Waals surface area contributed by atoms with Gasteiger partial charge in [0.05, 0.1) is 0 Å². The number of hydrogen-bond donors (Lipinski definition) is 2. The summed E-state index contributed by atoms with van der Waals surface area (Å²) < 4.78 is 0. The lowest BCUT2D eigenvalue weighted by Gasteiger charge is -2.18. The van der Waals surface area contributed by atoms with E-state index in [9.17, 15) is 4.79 Å². The Morgan fingerprint density at radius 3 is 3.05 bits per heavy atom. The van der Waals surface area contributed by atoms with Crippen molar-refractivity contribution < 1.29 is 4.79 Å². The number of rotatable bonds is 5. The van der Waals surface area contributed by atoms with Gasteiger partial charge in [0.2, 0.25) is 5.91 Å². The lowest BCUT2D eigenvalue weighted by Crippen LogP contribution is -2.45. The van der Waals surface area contributed by atoms with E-state index >= 15 is 0 Å². The van der Waals surface area contributed by atoms with Crippen molar-refractivity contribution in [3.63, 3.8) is 0 Å². The van der Waals surface area contributed by atoms with Crippen LogP contribution in [-0.2, 0) is 11.2 Å². The number of carbonyl (C=O) groups excluding carboxylic acids is 1. The van der Waals surface area contributed by atoms with Crippen molar-refractivity contribution >= 4 is 11.9 Å². The molecule has 1 unspecified atom stereocenters. The van der Waals surface area contributed by atoms with Gasteiger partial charge in [-0.05, 0) is 18.6 Å². The Morgan fingerprint density at radius 1 is 1.50 bits per heavy atom. The van der Waals surface area contributed by atoms with E-state index < -0.39 is 0 Å². The highest BCUT2D eigenvalue weighted by molar-refractivity contribution is 5.80. The summed E-state index contributed by atoms with van der Waals surface area (Å²) in [6.07, 6.45) is 4.20. The van der Waals surface area contributed by atoms with Crippen LogP contribution in [0.1, 0.15) is 25.5 Å². The van der Waals surface area contributed by atoms with Crippen LogP contribution in [0.15, 0.2) is 29.4 Å². The summed E-state index contributed by atoms with van der Waals surface area (Å²) in [5.41, 5.74) is 1.06. The van der Waals surface area contributed by atoms with Gasteiger partial charge in [-0.1, -0.05) is 13.0 Å². The summed E-state index contributed by atoms with van der Waals surface area (Å²) in [5, 5.41) is 6.68. The van der Waals surface area contributed by atoms with E-state index in [0.717, 1.165) is 44.1 Å². The zero-order valence-electron chi connectivity index (χ0n) is 13.4. The minimum Gasteiger partial charge on any atom is -0.356 e. The lowest BCUT2D eigenvalue weighted by molar-refractivity contribution is -0.129. The van der Waals surface area contributed by atoms with Crippen LogP contribution in [0.3, 0.4) is 0 Å². The van der Waals surface area contributed by atoms with Gasteiger partial charge in [0.1, 0.15) is 0 Å². The second-order valence-electron chi connectivity index (χ2n) is 5.39. The molecule has 2 rings (SSSR count). The molecule has 2 heterocycles. The van der Waals surface area contributed by atoms with Crippen LogP contribution in [0.25, 0.3) is 0 Å². The maximum atomic E-state index is 11.7. The molecule has 1 aliphatic heterocycles. The van der Waals surface area contributed by atoms with Crippen LogP contribution < -0.4 is 10.6 Å². The third-order valence-corrected chi connectivity index (χ3v) is 3.81. The topological polar surface area (TPSA) is 69.6 Å². The Morgan fingerprint density at radius 2 is 2.36 bits per heavy atom. The fourth-order valence-electron chi connectivity index (χ4n) is 2.57. The van der Waals surface area contributed by atoms with Crippen molar-refractivity contribution in [1.82, 2.24) is 20.5 Å². The first-order chi connectivity index (χ1) is 10.7. The van der Waals surface area contributed by atoms with E-state index in [2.05, 4.69) is 20.6 Å². The average Bonchev–Trinajstić information content (AvgIpc) is 3.02. The molecular formula is C16H25N5O. The van der Waals surface area contributed by atoms with Crippen LogP contribution >= 0.6 is 0 Å². The van der Waals surface area contributed by atoms with Crippen LogP contribution in [0.2, 0.25) is 0 Å². The van der Waals surface area contributed by atoms with Crippen molar-refractivity contribution in [3.8, 4) is 0 Å². The number of hydrogen-bond acceptors (Lipinski definition) is 3. The summed E-state index contributed by atoms with van der Waals surface area (Å²) in [4.78, 5) is 22.1. The Hall–Kier alpha value is -2.11. The van der Waals surface area contributed by atoms with Gasteiger partial charge >= 0.3 is 0 Å². The zero-order valence-corrected chi connectivity index (χ0v) is 13.4. The van der Waals surface area contributed by atoms with Crippen molar-refractivity contribution in [2.45, 2.75) is 32.2 Å². The molecule has 0 radical (unpaired) electrons. The van der Waals surface area contributed by atoms with Gasteiger partial charge in [0.25, 0.3) is 0 Å². The van der Waals surface area contributed by atoms with Gasteiger partial charge in [-0.2, -0.15) is 0 Å². The molecule has 1 atom stereocenters. The summed E-state index contributed by atoms with van der Waals surface area (Å²) in [5.74, 6) is 1.01. The Labute approximate surface area is 132 Å². The van der Waals surface area contributed by atoms with Gasteiger partial charge in [0, 0.05) is 57.5 Å². The van der Waals surface area contributed by atoms with Crippen molar-refractivity contribution in [2.75, 3.05) is 26.7 Å². The molecule has 1 aliphatic rings. The van der Waals surface area contributed by atoms with E-state index in [1.807, 2.05) is 30.0 Å². The Kier molecular flexibility index (Phi) is 6.18. The van der Waals surface area contributed by atoms with Crippen molar-refractivity contribution in [3.05, 3.63) is 30.1 Å². The predicted molar refractivity (Wildman–Crippen MR) is 87.7 cm³/mol. The highest BCUT2D eigenvalue weighted by atomic mass is 16.2. The smallest absolute Gasteiger partial charge is 0.222 e. The van der Waals surface area contributed by atoms with Gasteiger partial charge in [-0.25, -0.2) is 0 Å². The average molecular weight is 303 g/mol. The third-order valence-electron chi connectivity index (χ3n) is 3.81. The van der Waals surface area contributed by atoms with Gasteiger partial charge < -0.3 is 15.5 Å². The summed E-state index contributed by atoms with van der Waals surface area (Å²) in [7, 11) is 1.76. The Bertz CT molecular complexity index is 503. The van der Waals surface area contributed by atoms with E-state index in [1.165, 1.54) is 0 Å². The molecule has 2 N–H and O–H groups in total. The molecule has 6 heteroatoms. The molecule has 22 heavy (non-hydrogen) atoms. The number of amides is 1. The largest absolute Gasteiger partial charge is 0.356 e. The number of likely N-dealkylation sites (tertiary alicyclic amines) is 1. The lowest BCUT2D eigenvalue weighted by atomic mass is 10.2. The van der Waals surface area contributed by atoms with E-state index in [4.69, 9.17) is 0 Å². The number of pyridine rings is 1. The standard InChI is InChI=1S/C16H25N5O/c1-3-15(22)21-11-8-14(12-21)20-16(17-2)19-10-7-13-6-4-5-9-18-13/h4-6,9,14H,3,7-8,10-12H2,1-2H3,(H2,17,19,20). The van der Waals surface area contributed by atoms with Crippen molar-refractivity contribution in [2.24, 2.45) is 4.99 Å². The number of aliphatic imine (C=N–C) groups is 1. The molecule has 1 amide bonds. The molecular weight excluding hydrogens is 278 g/mol. The van der Waals surface area contributed by atoms with Gasteiger partial charge in [-0.3, -0.25) is 14.8 Å². The molecule has 1 aromatic rings. The van der Waals surface area contributed by atoms with E-state index in [-0.39, 0.29) is 11.9 Å². The molecule has 1 saturated heterocycles. The number of carbonyl (C=O) groups is 1. The highest BCUT2D eigenvalue weighted by Crippen LogP contribution is 2.10. The molecule has 6 nitrogen and oxygen atoms in total. The van der Waals surface area contributed by atoms with Crippen LogP contribution in [0.4, 0.5) is 0 Å². The maximum Gasteiger partial charge on any atom is 0.222 e. The van der Waals surface area contributed by atoms with E-state index in [1.54, 1.807) is 13.2 Å². The summed E-state index contributed by atoms with van der Waals surface area (Å²) in [6.45, 7) is 4.27. The zero-order chi connectivity index (χ0) is 15.8. The fourth-order valence-corrected chi connectivity index (χ4v) is 2.57. The quantitative estimate of drug-likeness (QED) is 0.623. The van der Waals surface area contributed by atoms with Crippen LogP contribution in [0.5, 0.6) is 0 Å². The van der Waals surface area contributed by atoms with Crippen molar-refractivity contribution in [1.29, 1.82) is 0 Å². The molecule has 120 valence electrons. The molecule has 0 bridgehead atoms. The number of guanidine groups is 1. The maximum absolute atomic E-state index is 11.7. The summed E-state index contributed by atoms with van der Waals surface area (Å²) >= 11 is 0. The first-order valence-electron chi connectivity index (χ1n) is 7.87. The predicted octanol–water partition coefficient (Wildman–Crippen LogP) is 0.800. The number of nitrogens with one attached hydrogen (secondary N) is 2. The number of nitrogens with zero attached hydrogens (tertiary/aromatic N) is 3. The molecule has 0 spiro atoms. The van der Waals surface area contributed by atoms with Crippen LogP contribution in [-0.4, -0.2) is 54.5 Å². The molecule has 0 aromatic carbocycles. The van der Waals surface area contributed by atoms with Gasteiger partial charge in [-0.15, -0.1) is 0 Å². The summed E-state index contributed by atoms with van der Waals surface area (Å²) in [6, 6.07) is 6.20. The SMILES string of the molecule is CCC(=O)N1CCC(NC(=NC)NCCc2ccccn2)C1. The second kappa shape index (κ2) is 8.36. The highest BCUT2D eigenvalue weighted by Gasteiger charge is 2.25. The minimum absolute atomic E-state index is 0.224. The van der Waals surface area contributed by atoms with E-state index in [0.29, 0.717) is 6.42 Å². The number of aromatic nitrogens is 1. The molecule has 1 fully saturated rings. The van der Waals surface area contributed by atoms with Crippen LogP contribution in [0, 0.1) is 0 Å². The second-order valence-corrected chi connectivity index (χ2v) is 5.39. The normalized spacial score (nSPS) is 18.4. The third kappa shape index (κ3) is 4.72. The molecule has 1 aromatic heterocycles. The molecule has 0 saturated carbocycles. The van der Waals surface area contributed by atoms with Gasteiger partial charge in [0.15, 0.2) is 5.96 Å². The first-order valence-corrected chi connectivity index (χ1v) is 7.87. The first kappa shape index (κ1) is 16.3. The minimum atomic E-state index is 0.224. The fraction of sp³-hybridized carbons (Fsp3) is 0.562. The molecule has 0 aliphatic carbocycles.